The number of carbonyl (C=O) groups excluding carboxylic acids is 1. The lowest BCUT2D eigenvalue weighted by Crippen LogP contribution is -2.41. The fourth-order valence-corrected chi connectivity index (χ4v) is 3.19. The summed E-state index contributed by atoms with van der Waals surface area (Å²) in [6, 6.07) is 7.54. The van der Waals surface area contributed by atoms with Gasteiger partial charge in [0, 0.05) is 43.5 Å². The first-order chi connectivity index (χ1) is 15.2. The molecule has 1 aromatic carbocycles. The molecule has 4 rings (SSSR count). The number of hydrogen-bond donors (Lipinski definition) is 3. The van der Waals surface area contributed by atoms with Gasteiger partial charge < -0.3 is 25.0 Å². The molecule has 0 atom stereocenters. The molecule has 160 valence electrons. The number of aromatic amines is 1. The summed E-state index contributed by atoms with van der Waals surface area (Å²) in [5, 5.41) is 13.8. The third-order valence-electron chi connectivity index (χ3n) is 4.82. The molecule has 3 heterocycles. The maximum atomic E-state index is 12.3. The van der Waals surface area contributed by atoms with E-state index in [2.05, 4.69) is 30.3 Å². The first-order valence-electron chi connectivity index (χ1n) is 9.98. The molecule has 0 saturated carbocycles. The van der Waals surface area contributed by atoms with Crippen LogP contribution in [0.25, 0.3) is 28.7 Å². The van der Waals surface area contributed by atoms with Gasteiger partial charge >= 0.3 is 11.8 Å². The number of H-pyrrole nitrogens is 1. The molecule has 0 bridgehead atoms. The van der Waals surface area contributed by atoms with Crippen LogP contribution in [0.1, 0.15) is 16.5 Å². The van der Waals surface area contributed by atoms with Crippen LogP contribution >= 0.6 is 0 Å². The Labute approximate surface area is 178 Å². The minimum atomic E-state index is -0.389. The fourth-order valence-electron chi connectivity index (χ4n) is 3.19. The largest absolute Gasteiger partial charge is 0.379 e. The Bertz CT molecular complexity index is 1070. The Balaban J connectivity index is 1.39. The Hall–Kier alpha value is -3.63. The Morgan fingerprint density at radius 2 is 2.13 bits per heavy atom. The van der Waals surface area contributed by atoms with E-state index in [1.165, 1.54) is 6.21 Å². The number of carbonyl (C=O) groups is 1. The highest BCUT2D eigenvalue weighted by Crippen LogP contribution is 2.24. The molecule has 0 radical (unpaired) electrons. The van der Waals surface area contributed by atoms with Gasteiger partial charge in [0.2, 0.25) is 5.82 Å². The van der Waals surface area contributed by atoms with Gasteiger partial charge in [0.25, 0.3) is 0 Å². The van der Waals surface area contributed by atoms with Crippen LogP contribution in [0, 0.1) is 5.41 Å². The molecule has 1 amide bonds. The number of morpholine rings is 1. The summed E-state index contributed by atoms with van der Waals surface area (Å²) in [5.74, 6) is 0.533. The summed E-state index contributed by atoms with van der Waals surface area (Å²) in [4.78, 5) is 26.2. The zero-order chi connectivity index (χ0) is 21.5. The smallest absolute Gasteiger partial charge is 0.316 e. The Morgan fingerprint density at radius 1 is 1.29 bits per heavy atom. The normalized spacial score (nSPS) is 14.7. The number of rotatable bonds is 8. The maximum absolute atomic E-state index is 12.3. The van der Waals surface area contributed by atoms with E-state index in [-0.39, 0.29) is 11.8 Å². The molecule has 3 aromatic rings. The molecule has 1 aliphatic rings. The lowest BCUT2D eigenvalue weighted by atomic mass is 10.1. The standard InChI is InChI=1S/C21H23N7O3/c22-6-2-5-18-24-14-17(25-18)15-3-1-4-16(13-15)19-26-21(31-27-19)20(29)23-7-8-28-9-11-30-12-10-28/h1-6,13-14,22H,7-12H2,(H,23,29)(H,24,25). The van der Waals surface area contributed by atoms with E-state index in [0.717, 1.165) is 49.7 Å². The second kappa shape index (κ2) is 9.92. The summed E-state index contributed by atoms with van der Waals surface area (Å²) in [6.45, 7) is 4.43. The molecule has 0 spiro atoms. The molecule has 1 fully saturated rings. The van der Waals surface area contributed by atoms with Crippen molar-refractivity contribution in [3.8, 4) is 22.6 Å². The van der Waals surface area contributed by atoms with Crippen molar-refractivity contribution < 1.29 is 14.1 Å². The average Bonchev–Trinajstić information content (AvgIpc) is 3.49. The van der Waals surface area contributed by atoms with Gasteiger partial charge in [-0.2, -0.15) is 4.98 Å². The molecule has 10 heteroatoms. The molecule has 31 heavy (non-hydrogen) atoms. The highest BCUT2D eigenvalue weighted by molar-refractivity contribution is 5.89. The SMILES string of the molecule is N=CC=Cc1ncc(-c2cccc(-c3noc(C(=O)NCCN4CCOCC4)n3)c2)[nH]1. The molecule has 10 nitrogen and oxygen atoms in total. The van der Waals surface area contributed by atoms with Gasteiger partial charge in [0.1, 0.15) is 5.82 Å². The first-order valence-corrected chi connectivity index (χ1v) is 9.98. The van der Waals surface area contributed by atoms with Crippen LogP contribution in [0.4, 0.5) is 0 Å². The second-order valence-corrected chi connectivity index (χ2v) is 6.92. The van der Waals surface area contributed by atoms with Gasteiger partial charge in [-0.25, -0.2) is 4.98 Å². The summed E-state index contributed by atoms with van der Waals surface area (Å²) < 4.78 is 10.5. The molecule has 1 saturated heterocycles. The number of benzene rings is 1. The predicted octanol–water partition coefficient (Wildman–Crippen LogP) is 1.85. The second-order valence-electron chi connectivity index (χ2n) is 6.92. The monoisotopic (exact) mass is 421 g/mol. The highest BCUT2D eigenvalue weighted by atomic mass is 16.5. The number of allylic oxidation sites excluding steroid dienone is 1. The van der Waals surface area contributed by atoms with Gasteiger partial charge in [0.15, 0.2) is 0 Å². The molecule has 2 aromatic heterocycles. The summed E-state index contributed by atoms with van der Waals surface area (Å²) in [5.41, 5.74) is 2.43. The van der Waals surface area contributed by atoms with Crippen molar-refractivity contribution >= 4 is 18.2 Å². The Morgan fingerprint density at radius 3 is 2.97 bits per heavy atom. The van der Waals surface area contributed by atoms with Gasteiger partial charge in [-0.1, -0.05) is 23.4 Å². The number of amides is 1. The van der Waals surface area contributed by atoms with Gasteiger partial charge in [0.05, 0.1) is 25.1 Å². The summed E-state index contributed by atoms with van der Waals surface area (Å²) in [7, 11) is 0. The molecular formula is C21H23N7O3. The van der Waals surface area contributed by atoms with Crippen LogP contribution in [0.15, 0.2) is 41.1 Å². The van der Waals surface area contributed by atoms with Crippen LogP contribution in [0.3, 0.4) is 0 Å². The highest BCUT2D eigenvalue weighted by Gasteiger charge is 2.17. The number of imidazole rings is 1. The number of nitrogens with one attached hydrogen (secondary N) is 3. The van der Waals surface area contributed by atoms with E-state index in [0.29, 0.717) is 18.2 Å². The molecule has 0 unspecified atom stereocenters. The number of aromatic nitrogens is 4. The maximum Gasteiger partial charge on any atom is 0.316 e. The lowest BCUT2D eigenvalue weighted by molar-refractivity contribution is 0.0382. The average molecular weight is 421 g/mol. The van der Waals surface area contributed by atoms with E-state index in [9.17, 15) is 4.79 Å². The van der Waals surface area contributed by atoms with Gasteiger partial charge in [-0.05, 0) is 18.2 Å². The minimum Gasteiger partial charge on any atom is -0.379 e. The van der Waals surface area contributed by atoms with Crippen molar-refractivity contribution in [3.05, 3.63) is 48.3 Å². The molecule has 3 N–H and O–H groups in total. The zero-order valence-corrected chi connectivity index (χ0v) is 16.9. The van der Waals surface area contributed by atoms with Crippen molar-refractivity contribution in [2.75, 3.05) is 39.4 Å². The third-order valence-corrected chi connectivity index (χ3v) is 4.82. The third kappa shape index (κ3) is 5.30. The van der Waals surface area contributed by atoms with Crippen LogP contribution in [0.2, 0.25) is 0 Å². The van der Waals surface area contributed by atoms with Crippen molar-refractivity contribution in [2.24, 2.45) is 0 Å². The Kier molecular flexibility index (Phi) is 6.60. The topological polar surface area (TPSA) is 133 Å². The van der Waals surface area contributed by atoms with Gasteiger partial charge in [-0.15, -0.1) is 0 Å². The van der Waals surface area contributed by atoms with Crippen LogP contribution in [-0.2, 0) is 4.74 Å². The first kappa shape index (κ1) is 20.6. The predicted molar refractivity (Wildman–Crippen MR) is 115 cm³/mol. The van der Waals surface area contributed by atoms with Crippen LogP contribution in [0.5, 0.6) is 0 Å². The van der Waals surface area contributed by atoms with Crippen molar-refractivity contribution in [1.29, 1.82) is 5.41 Å². The van der Waals surface area contributed by atoms with Crippen molar-refractivity contribution in [1.82, 2.24) is 30.3 Å². The zero-order valence-electron chi connectivity index (χ0n) is 16.9. The summed E-state index contributed by atoms with van der Waals surface area (Å²) >= 11 is 0. The molecule has 0 aliphatic carbocycles. The van der Waals surface area contributed by atoms with E-state index >= 15 is 0 Å². The molecular weight excluding hydrogens is 398 g/mol. The van der Waals surface area contributed by atoms with Crippen molar-refractivity contribution in [2.45, 2.75) is 0 Å². The minimum absolute atomic E-state index is 0.0667. The van der Waals surface area contributed by atoms with E-state index in [4.69, 9.17) is 14.7 Å². The van der Waals surface area contributed by atoms with E-state index in [1.54, 1.807) is 18.3 Å². The molecule has 1 aliphatic heterocycles. The van der Waals surface area contributed by atoms with Crippen molar-refractivity contribution in [3.63, 3.8) is 0 Å². The fraction of sp³-hybridized carbons (Fsp3) is 0.286. The quantitative estimate of drug-likeness (QED) is 0.473. The van der Waals surface area contributed by atoms with Gasteiger partial charge in [-0.3, -0.25) is 9.69 Å². The lowest BCUT2D eigenvalue weighted by Gasteiger charge is -2.26. The van der Waals surface area contributed by atoms with Crippen LogP contribution in [-0.4, -0.2) is 76.5 Å². The summed E-state index contributed by atoms with van der Waals surface area (Å²) in [6.07, 6.45) is 6.21. The van der Waals surface area contributed by atoms with E-state index in [1.807, 2.05) is 24.3 Å². The number of nitrogens with zero attached hydrogens (tertiary/aromatic N) is 4. The number of hydrogen-bond acceptors (Lipinski definition) is 8. The van der Waals surface area contributed by atoms with E-state index < -0.39 is 0 Å². The van der Waals surface area contributed by atoms with Crippen LogP contribution < -0.4 is 5.32 Å². The number of ether oxygens (including phenoxy) is 1.